The molecule has 2 nitrogen and oxygen atoms in total. The summed E-state index contributed by atoms with van der Waals surface area (Å²) in [6.45, 7) is -2.46. The molecule has 0 fully saturated rings. The van der Waals surface area contributed by atoms with Crippen LogP contribution in [0.5, 0.6) is 0 Å². The molecule has 19 heavy (non-hydrogen) atoms. The van der Waals surface area contributed by atoms with Crippen molar-refractivity contribution in [1.82, 2.24) is 0 Å². The van der Waals surface area contributed by atoms with Gasteiger partial charge in [0.05, 0.1) is 6.61 Å². The Labute approximate surface area is 105 Å². The van der Waals surface area contributed by atoms with E-state index >= 15 is 0 Å². The zero-order chi connectivity index (χ0) is 14.7. The number of halogens is 6. The summed E-state index contributed by atoms with van der Waals surface area (Å²) in [5, 5.41) is 0. The number of rotatable bonds is 5. The number of nitrogens with two attached hydrogens (primary N) is 1. The van der Waals surface area contributed by atoms with Gasteiger partial charge in [-0.3, -0.25) is 0 Å². The molecule has 0 aliphatic carbocycles. The molecule has 108 valence electrons. The molecule has 0 amide bonds. The minimum atomic E-state index is -5.69. The summed E-state index contributed by atoms with van der Waals surface area (Å²) < 4.78 is 78.0. The van der Waals surface area contributed by atoms with Gasteiger partial charge in [0.15, 0.2) is 0 Å². The largest absolute Gasteiger partial charge is 0.455 e. The number of alkyl halides is 5. The molecule has 1 rings (SSSR count). The highest BCUT2D eigenvalue weighted by Gasteiger charge is 2.57. The Morgan fingerprint density at radius 3 is 2.26 bits per heavy atom. The topological polar surface area (TPSA) is 35.2 Å². The van der Waals surface area contributed by atoms with Crippen molar-refractivity contribution in [1.29, 1.82) is 0 Å². The first-order valence-electron chi connectivity index (χ1n) is 5.17. The van der Waals surface area contributed by atoms with Crippen LogP contribution in [0.3, 0.4) is 0 Å². The Morgan fingerprint density at radius 1 is 1.11 bits per heavy atom. The van der Waals surface area contributed by atoms with Gasteiger partial charge in [0.25, 0.3) is 0 Å². The highest BCUT2D eigenvalue weighted by molar-refractivity contribution is 5.24. The van der Waals surface area contributed by atoms with Crippen LogP contribution in [0, 0.1) is 5.82 Å². The lowest BCUT2D eigenvalue weighted by Crippen LogP contribution is -2.40. The van der Waals surface area contributed by atoms with Crippen molar-refractivity contribution in [3.05, 3.63) is 35.1 Å². The van der Waals surface area contributed by atoms with Crippen LogP contribution in [0.2, 0.25) is 0 Å². The maximum Gasteiger partial charge on any atom is 0.455 e. The fourth-order valence-corrected chi connectivity index (χ4v) is 1.24. The first-order valence-corrected chi connectivity index (χ1v) is 5.17. The second-order valence-electron chi connectivity index (χ2n) is 3.82. The molecule has 0 aromatic heterocycles. The average Bonchev–Trinajstić information content (AvgIpc) is 2.30. The first-order chi connectivity index (χ1) is 8.67. The van der Waals surface area contributed by atoms with E-state index in [0.717, 1.165) is 6.07 Å². The Kier molecular flexibility index (Phi) is 4.81. The quantitative estimate of drug-likeness (QED) is 0.845. The molecule has 0 radical (unpaired) electrons. The summed E-state index contributed by atoms with van der Waals surface area (Å²) in [5.74, 6) is -5.72. The Morgan fingerprint density at radius 2 is 1.74 bits per heavy atom. The maximum atomic E-state index is 13.2. The summed E-state index contributed by atoms with van der Waals surface area (Å²) in [7, 11) is 0. The van der Waals surface area contributed by atoms with Gasteiger partial charge >= 0.3 is 12.1 Å². The third-order valence-corrected chi connectivity index (χ3v) is 2.30. The summed E-state index contributed by atoms with van der Waals surface area (Å²) >= 11 is 0. The van der Waals surface area contributed by atoms with Gasteiger partial charge in [0.1, 0.15) is 12.4 Å². The van der Waals surface area contributed by atoms with Gasteiger partial charge in [-0.15, -0.1) is 0 Å². The fourth-order valence-electron chi connectivity index (χ4n) is 1.24. The zero-order valence-corrected chi connectivity index (χ0v) is 9.61. The second-order valence-corrected chi connectivity index (χ2v) is 3.82. The minimum absolute atomic E-state index is 0.0893. The second kappa shape index (κ2) is 5.79. The predicted molar refractivity (Wildman–Crippen MR) is 54.9 cm³/mol. The van der Waals surface area contributed by atoms with E-state index < -0.39 is 31.1 Å². The van der Waals surface area contributed by atoms with E-state index in [-0.39, 0.29) is 12.1 Å². The van der Waals surface area contributed by atoms with Crippen LogP contribution >= 0.6 is 0 Å². The number of benzene rings is 1. The van der Waals surface area contributed by atoms with Gasteiger partial charge in [-0.25, -0.2) is 4.39 Å². The Bertz CT molecular complexity index is 432. The molecular formula is C11H11F6NO. The minimum Gasteiger partial charge on any atom is -0.370 e. The zero-order valence-electron chi connectivity index (χ0n) is 9.61. The third-order valence-electron chi connectivity index (χ3n) is 2.30. The lowest BCUT2D eigenvalue weighted by atomic mass is 10.1. The standard InChI is InChI=1S/C11H11F6NO/c12-9-2-1-7(4-18)3-8(9)5-19-6-10(13,14)11(15,16)17/h1-3H,4-6,18H2. The maximum absolute atomic E-state index is 13.2. The van der Waals surface area contributed by atoms with Crippen molar-refractivity contribution in [2.75, 3.05) is 6.61 Å². The molecular weight excluding hydrogens is 276 g/mol. The van der Waals surface area contributed by atoms with Crippen LogP contribution in [0.25, 0.3) is 0 Å². The fraction of sp³-hybridized carbons (Fsp3) is 0.455. The lowest BCUT2D eigenvalue weighted by molar-refractivity contribution is -0.297. The SMILES string of the molecule is NCc1ccc(F)c(COCC(F)(F)C(F)(F)F)c1. The summed E-state index contributed by atoms with van der Waals surface area (Å²) in [5.41, 5.74) is 5.68. The molecule has 1 aromatic carbocycles. The highest BCUT2D eigenvalue weighted by atomic mass is 19.4. The molecule has 0 unspecified atom stereocenters. The third kappa shape index (κ3) is 4.10. The van der Waals surface area contributed by atoms with Gasteiger partial charge in [0, 0.05) is 12.1 Å². The summed E-state index contributed by atoms with van der Waals surface area (Å²) in [6, 6.07) is 3.67. The van der Waals surface area contributed by atoms with E-state index in [0.29, 0.717) is 5.56 Å². The van der Waals surface area contributed by atoms with Crippen molar-refractivity contribution in [3.63, 3.8) is 0 Å². The molecule has 0 bridgehead atoms. The molecule has 0 aliphatic rings. The summed E-state index contributed by atoms with van der Waals surface area (Å²) in [4.78, 5) is 0. The van der Waals surface area contributed by atoms with Gasteiger partial charge in [0.2, 0.25) is 0 Å². The van der Waals surface area contributed by atoms with Crippen molar-refractivity contribution >= 4 is 0 Å². The van der Waals surface area contributed by atoms with Gasteiger partial charge < -0.3 is 10.5 Å². The molecule has 2 N–H and O–H groups in total. The van der Waals surface area contributed by atoms with Crippen molar-refractivity contribution < 1.29 is 31.1 Å². The van der Waals surface area contributed by atoms with Crippen LogP contribution in [0.15, 0.2) is 18.2 Å². The van der Waals surface area contributed by atoms with Crippen LogP contribution < -0.4 is 5.73 Å². The smallest absolute Gasteiger partial charge is 0.370 e. The van der Waals surface area contributed by atoms with Gasteiger partial charge in [-0.05, 0) is 17.7 Å². The van der Waals surface area contributed by atoms with Crippen LogP contribution in [0.4, 0.5) is 26.3 Å². The van der Waals surface area contributed by atoms with E-state index in [1.54, 1.807) is 0 Å². The van der Waals surface area contributed by atoms with Gasteiger partial charge in [-0.2, -0.15) is 22.0 Å². The monoisotopic (exact) mass is 287 g/mol. The molecule has 0 spiro atoms. The highest BCUT2D eigenvalue weighted by Crippen LogP contribution is 2.35. The van der Waals surface area contributed by atoms with E-state index in [1.165, 1.54) is 12.1 Å². The normalized spacial score (nSPS) is 12.8. The molecule has 0 heterocycles. The Hall–Kier alpha value is -1.28. The number of hydrogen-bond acceptors (Lipinski definition) is 2. The average molecular weight is 287 g/mol. The van der Waals surface area contributed by atoms with E-state index in [2.05, 4.69) is 4.74 Å². The van der Waals surface area contributed by atoms with E-state index in [1.807, 2.05) is 0 Å². The van der Waals surface area contributed by atoms with Crippen LogP contribution in [-0.4, -0.2) is 18.7 Å². The molecule has 0 saturated heterocycles. The van der Waals surface area contributed by atoms with Crippen molar-refractivity contribution in [3.8, 4) is 0 Å². The van der Waals surface area contributed by atoms with Crippen LogP contribution in [-0.2, 0) is 17.9 Å². The van der Waals surface area contributed by atoms with E-state index in [4.69, 9.17) is 5.73 Å². The molecule has 0 aliphatic heterocycles. The van der Waals surface area contributed by atoms with E-state index in [9.17, 15) is 26.3 Å². The summed E-state index contributed by atoms with van der Waals surface area (Å²) in [6.07, 6.45) is -5.69. The number of hydrogen-bond donors (Lipinski definition) is 1. The van der Waals surface area contributed by atoms with Crippen molar-refractivity contribution in [2.24, 2.45) is 5.73 Å². The number of ether oxygens (including phenoxy) is 1. The molecule has 0 saturated carbocycles. The van der Waals surface area contributed by atoms with Gasteiger partial charge in [-0.1, -0.05) is 6.07 Å². The van der Waals surface area contributed by atoms with Crippen molar-refractivity contribution in [2.45, 2.75) is 25.3 Å². The predicted octanol–water partition coefficient (Wildman–Crippen LogP) is 3.00. The van der Waals surface area contributed by atoms with Crippen LogP contribution in [0.1, 0.15) is 11.1 Å². The molecule has 0 atom stereocenters. The first kappa shape index (κ1) is 15.8. The Balaban J connectivity index is 2.63. The molecule has 8 heteroatoms. The molecule has 1 aromatic rings. The lowest BCUT2D eigenvalue weighted by Gasteiger charge is -2.19.